The van der Waals surface area contributed by atoms with Gasteiger partial charge in [-0.2, -0.15) is 4.68 Å². The Balaban J connectivity index is 1.87. The number of hydrogen-bond acceptors (Lipinski definition) is 6. The van der Waals surface area contributed by atoms with Crippen molar-refractivity contribution in [2.45, 2.75) is 32.4 Å². The number of benzene rings is 1. The van der Waals surface area contributed by atoms with Crippen LogP contribution in [0, 0.1) is 0 Å². The van der Waals surface area contributed by atoms with Crippen molar-refractivity contribution < 1.29 is 9.15 Å². The van der Waals surface area contributed by atoms with Crippen LogP contribution >= 0.6 is 0 Å². The first-order valence-electron chi connectivity index (χ1n) is 7.87. The van der Waals surface area contributed by atoms with Gasteiger partial charge in [-0.05, 0) is 60.2 Å². The molecule has 126 valence electrons. The molecule has 0 unspecified atom stereocenters. The van der Waals surface area contributed by atoms with E-state index in [2.05, 4.69) is 34.7 Å². The van der Waals surface area contributed by atoms with E-state index >= 15 is 0 Å². The number of nitrogens with zero attached hydrogens (tertiary/aromatic N) is 4. The molecular weight excluding hydrogens is 306 g/mol. The van der Waals surface area contributed by atoms with E-state index in [0.29, 0.717) is 6.54 Å². The molecule has 0 aliphatic carbocycles. The van der Waals surface area contributed by atoms with Gasteiger partial charge in [0.25, 0.3) is 0 Å². The standard InChI is InChI=1S/C17H21N5O2/c1-4-17(2,18-12-15-6-5-11-24-15)16-19-20-21-22(16)13-7-9-14(23-3)10-8-13/h5-11,18H,4,12H2,1-3H3/t17-/m1/s1. The Morgan fingerprint density at radius 2 is 2.04 bits per heavy atom. The third-order valence-corrected chi connectivity index (χ3v) is 4.22. The summed E-state index contributed by atoms with van der Waals surface area (Å²) >= 11 is 0. The summed E-state index contributed by atoms with van der Waals surface area (Å²) in [5.41, 5.74) is 0.492. The number of ether oxygens (including phenoxy) is 1. The minimum Gasteiger partial charge on any atom is -0.497 e. The molecule has 0 radical (unpaired) electrons. The first kappa shape index (κ1) is 16.2. The van der Waals surface area contributed by atoms with Crippen molar-refractivity contribution in [2.75, 3.05) is 7.11 Å². The van der Waals surface area contributed by atoms with Crippen molar-refractivity contribution in [3.8, 4) is 11.4 Å². The number of tetrazole rings is 1. The second kappa shape index (κ2) is 6.84. The fourth-order valence-corrected chi connectivity index (χ4v) is 2.49. The van der Waals surface area contributed by atoms with Crippen LogP contribution in [-0.4, -0.2) is 27.3 Å². The molecule has 1 N–H and O–H groups in total. The molecule has 2 heterocycles. The van der Waals surface area contributed by atoms with Gasteiger partial charge in [0.2, 0.25) is 0 Å². The largest absolute Gasteiger partial charge is 0.497 e. The first-order valence-corrected chi connectivity index (χ1v) is 7.87. The number of nitrogens with one attached hydrogen (secondary N) is 1. The molecule has 3 aromatic rings. The maximum absolute atomic E-state index is 5.40. The molecular formula is C17H21N5O2. The van der Waals surface area contributed by atoms with Gasteiger partial charge in [-0.3, -0.25) is 5.32 Å². The lowest BCUT2D eigenvalue weighted by atomic mass is 9.97. The monoisotopic (exact) mass is 327 g/mol. The Kier molecular flexibility index (Phi) is 4.61. The van der Waals surface area contributed by atoms with Gasteiger partial charge in [0.15, 0.2) is 5.82 Å². The number of furan rings is 1. The van der Waals surface area contributed by atoms with Gasteiger partial charge < -0.3 is 9.15 Å². The van der Waals surface area contributed by atoms with Crippen LogP contribution in [0.5, 0.6) is 5.75 Å². The number of rotatable bonds is 7. The Hall–Kier alpha value is -2.67. The number of aromatic nitrogens is 4. The molecule has 1 atom stereocenters. The third-order valence-electron chi connectivity index (χ3n) is 4.22. The molecule has 3 rings (SSSR count). The van der Waals surface area contributed by atoms with Crippen LogP contribution in [0.1, 0.15) is 31.9 Å². The van der Waals surface area contributed by atoms with E-state index in [9.17, 15) is 0 Å². The highest BCUT2D eigenvalue weighted by Crippen LogP contribution is 2.25. The van der Waals surface area contributed by atoms with Gasteiger partial charge in [-0.15, -0.1) is 5.10 Å². The lowest BCUT2D eigenvalue weighted by Gasteiger charge is -2.28. The Morgan fingerprint density at radius 3 is 2.67 bits per heavy atom. The maximum atomic E-state index is 5.40. The van der Waals surface area contributed by atoms with Gasteiger partial charge >= 0.3 is 0 Å². The molecule has 0 saturated carbocycles. The zero-order valence-electron chi connectivity index (χ0n) is 14.1. The zero-order valence-corrected chi connectivity index (χ0v) is 14.1. The van der Waals surface area contributed by atoms with Crippen molar-refractivity contribution >= 4 is 0 Å². The van der Waals surface area contributed by atoms with Crippen LogP contribution in [0.15, 0.2) is 47.1 Å². The molecule has 7 heteroatoms. The molecule has 0 aliphatic heterocycles. The third kappa shape index (κ3) is 3.16. The molecule has 1 aromatic carbocycles. The Labute approximate surface area is 140 Å². The van der Waals surface area contributed by atoms with Crippen LogP contribution in [0.3, 0.4) is 0 Å². The van der Waals surface area contributed by atoms with Crippen LogP contribution in [-0.2, 0) is 12.1 Å². The minimum absolute atomic E-state index is 0.393. The van der Waals surface area contributed by atoms with Gasteiger partial charge in [-0.25, -0.2) is 0 Å². The molecule has 24 heavy (non-hydrogen) atoms. The fraction of sp³-hybridized carbons (Fsp3) is 0.353. The normalized spacial score (nSPS) is 13.6. The van der Waals surface area contributed by atoms with E-state index in [4.69, 9.17) is 9.15 Å². The van der Waals surface area contributed by atoms with Gasteiger partial charge in [0, 0.05) is 0 Å². The summed E-state index contributed by atoms with van der Waals surface area (Å²) in [6.45, 7) is 4.79. The topological polar surface area (TPSA) is 78.0 Å². The Morgan fingerprint density at radius 1 is 1.25 bits per heavy atom. The van der Waals surface area contributed by atoms with Gasteiger partial charge in [-0.1, -0.05) is 6.92 Å². The van der Waals surface area contributed by atoms with Crippen LogP contribution in [0.2, 0.25) is 0 Å². The summed E-state index contributed by atoms with van der Waals surface area (Å²) in [6, 6.07) is 11.5. The van der Waals surface area contributed by atoms with E-state index in [-0.39, 0.29) is 0 Å². The quantitative estimate of drug-likeness (QED) is 0.719. The molecule has 0 saturated heterocycles. The second-order valence-corrected chi connectivity index (χ2v) is 5.73. The molecule has 0 spiro atoms. The molecule has 0 aliphatic rings. The average Bonchev–Trinajstić information content (AvgIpc) is 3.31. The van der Waals surface area contributed by atoms with Crippen molar-refractivity contribution in [3.63, 3.8) is 0 Å². The highest BCUT2D eigenvalue weighted by atomic mass is 16.5. The van der Waals surface area contributed by atoms with Gasteiger partial charge in [0.05, 0.1) is 31.1 Å². The van der Waals surface area contributed by atoms with Crippen molar-refractivity contribution in [1.82, 2.24) is 25.5 Å². The SMILES string of the molecule is CC[C@@](C)(NCc1ccco1)c1nnnn1-c1ccc(OC)cc1. The Bertz CT molecular complexity index is 767. The first-order chi connectivity index (χ1) is 11.7. The average molecular weight is 327 g/mol. The molecule has 7 nitrogen and oxygen atoms in total. The molecule has 0 bridgehead atoms. The lowest BCUT2D eigenvalue weighted by molar-refractivity contribution is 0.309. The van der Waals surface area contributed by atoms with E-state index in [1.54, 1.807) is 18.1 Å². The summed E-state index contributed by atoms with van der Waals surface area (Å²) in [4.78, 5) is 0. The zero-order chi connectivity index (χ0) is 17.0. The van der Waals surface area contributed by atoms with E-state index in [1.807, 2.05) is 36.4 Å². The van der Waals surface area contributed by atoms with E-state index in [1.165, 1.54) is 0 Å². The highest BCUT2D eigenvalue weighted by Gasteiger charge is 2.31. The summed E-state index contributed by atoms with van der Waals surface area (Å²) < 4.78 is 12.3. The number of hydrogen-bond donors (Lipinski definition) is 1. The summed E-state index contributed by atoms with van der Waals surface area (Å²) in [7, 11) is 1.64. The predicted octanol–water partition coefficient (Wildman–Crippen LogP) is 2.68. The van der Waals surface area contributed by atoms with E-state index < -0.39 is 5.54 Å². The predicted molar refractivity (Wildman–Crippen MR) is 88.9 cm³/mol. The molecule has 2 aromatic heterocycles. The summed E-state index contributed by atoms with van der Waals surface area (Å²) in [5.74, 6) is 2.42. The van der Waals surface area contributed by atoms with Crippen molar-refractivity contribution in [3.05, 3.63) is 54.2 Å². The molecule has 0 fully saturated rings. The minimum atomic E-state index is -0.393. The summed E-state index contributed by atoms with van der Waals surface area (Å²) in [6.07, 6.45) is 2.49. The highest BCUT2D eigenvalue weighted by molar-refractivity contribution is 5.37. The van der Waals surface area contributed by atoms with Crippen molar-refractivity contribution in [2.24, 2.45) is 0 Å². The second-order valence-electron chi connectivity index (χ2n) is 5.73. The number of methoxy groups -OCH3 is 1. The van der Waals surface area contributed by atoms with Crippen LogP contribution < -0.4 is 10.1 Å². The van der Waals surface area contributed by atoms with Crippen LogP contribution in [0.25, 0.3) is 5.69 Å². The summed E-state index contributed by atoms with van der Waals surface area (Å²) in [5, 5.41) is 15.8. The van der Waals surface area contributed by atoms with E-state index in [0.717, 1.165) is 29.4 Å². The smallest absolute Gasteiger partial charge is 0.176 e. The maximum Gasteiger partial charge on any atom is 0.176 e. The fourth-order valence-electron chi connectivity index (χ4n) is 2.49. The molecule has 0 amide bonds. The van der Waals surface area contributed by atoms with Crippen LogP contribution in [0.4, 0.5) is 0 Å². The van der Waals surface area contributed by atoms with Gasteiger partial charge in [0.1, 0.15) is 11.5 Å². The van der Waals surface area contributed by atoms with Crippen molar-refractivity contribution in [1.29, 1.82) is 0 Å². The lowest BCUT2D eigenvalue weighted by Crippen LogP contribution is -2.41.